The number of aromatic nitrogens is 3. The van der Waals surface area contributed by atoms with E-state index in [0.717, 1.165) is 57.8 Å². The number of aryl methyl sites for hydroxylation is 1. The lowest BCUT2D eigenvalue weighted by Gasteiger charge is -2.31. The molecule has 7 heteroatoms. The first-order chi connectivity index (χ1) is 12.9. The van der Waals surface area contributed by atoms with E-state index in [1.807, 2.05) is 24.5 Å². The predicted molar refractivity (Wildman–Crippen MR) is 101 cm³/mol. The molecule has 0 atom stereocenters. The number of amides is 1. The van der Waals surface area contributed by atoms with Crippen LogP contribution in [-0.2, 0) is 13.6 Å². The molecule has 0 aromatic carbocycles. The van der Waals surface area contributed by atoms with Crippen molar-refractivity contribution in [3.05, 3.63) is 36.1 Å². The summed E-state index contributed by atoms with van der Waals surface area (Å²) < 4.78 is 7.98. The Bertz CT molecular complexity index is 801. The van der Waals surface area contributed by atoms with E-state index in [2.05, 4.69) is 33.3 Å². The number of rotatable bonds is 4. The van der Waals surface area contributed by atoms with Crippen LogP contribution in [0.4, 0.5) is 0 Å². The molecule has 4 rings (SSSR count). The van der Waals surface area contributed by atoms with E-state index in [-0.39, 0.29) is 11.4 Å². The predicted octanol–water partition coefficient (Wildman–Crippen LogP) is 2.80. The van der Waals surface area contributed by atoms with Gasteiger partial charge in [-0.3, -0.25) is 9.69 Å². The van der Waals surface area contributed by atoms with Crippen molar-refractivity contribution in [3.8, 4) is 0 Å². The SMILES string of the molecule is Cn1cncc1CN1CCC(c2ncc(C(=O)N3CCCC3(C)C)o2)CC1. The molecule has 4 heterocycles. The number of oxazole rings is 1. The summed E-state index contributed by atoms with van der Waals surface area (Å²) in [5.41, 5.74) is 1.13. The Labute approximate surface area is 160 Å². The second kappa shape index (κ2) is 7.11. The zero-order valence-corrected chi connectivity index (χ0v) is 16.5. The molecule has 2 saturated heterocycles. The number of likely N-dealkylation sites (tertiary alicyclic amines) is 2. The zero-order valence-electron chi connectivity index (χ0n) is 16.5. The van der Waals surface area contributed by atoms with Crippen LogP contribution in [0.15, 0.2) is 23.1 Å². The normalized spacial score (nSPS) is 21.1. The van der Waals surface area contributed by atoms with Gasteiger partial charge in [0.05, 0.1) is 18.2 Å². The molecule has 0 saturated carbocycles. The van der Waals surface area contributed by atoms with Crippen LogP contribution in [0.2, 0.25) is 0 Å². The van der Waals surface area contributed by atoms with Crippen LogP contribution < -0.4 is 0 Å². The molecule has 7 nitrogen and oxygen atoms in total. The molecule has 1 amide bonds. The zero-order chi connectivity index (χ0) is 19.0. The van der Waals surface area contributed by atoms with Crippen molar-refractivity contribution < 1.29 is 9.21 Å². The van der Waals surface area contributed by atoms with Crippen LogP contribution in [0.5, 0.6) is 0 Å². The molecule has 0 N–H and O–H groups in total. The Balaban J connectivity index is 1.36. The summed E-state index contributed by atoms with van der Waals surface area (Å²) in [7, 11) is 2.03. The fraction of sp³-hybridized carbons (Fsp3) is 0.650. The van der Waals surface area contributed by atoms with Crippen molar-refractivity contribution in [3.63, 3.8) is 0 Å². The van der Waals surface area contributed by atoms with Crippen molar-refractivity contribution in [2.24, 2.45) is 7.05 Å². The van der Waals surface area contributed by atoms with Gasteiger partial charge in [-0.2, -0.15) is 0 Å². The summed E-state index contributed by atoms with van der Waals surface area (Å²) >= 11 is 0. The Hall–Kier alpha value is -2.15. The highest BCUT2D eigenvalue weighted by Crippen LogP contribution is 2.32. The number of imidazole rings is 1. The van der Waals surface area contributed by atoms with Gasteiger partial charge in [0.15, 0.2) is 5.89 Å². The maximum atomic E-state index is 12.8. The Kier molecular flexibility index (Phi) is 4.80. The third-order valence-corrected chi connectivity index (χ3v) is 6.12. The third-order valence-electron chi connectivity index (χ3n) is 6.12. The van der Waals surface area contributed by atoms with Gasteiger partial charge in [-0.15, -0.1) is 0 Å². The van der Waals surface area contributed by atoms with Crippen LogP contribution in [0.25, 0.3) is 0 Å². The maximum Gasteiger partial charge on any atom is 0.291 e. The minimum absolute atomic E-state index is 0.0232. The smallest absolute Gasteiger partial charge is 0.291 e. The van der Waals surface area contributed by atoms with Crippen molar-refractivity contribution in [1.82, 2.24) is 24.3 Å². The van der Waals surface area contributed by atoms with E-state index < -0.39 is 0 Å². The van der Waals surface area contributed by atoms with Crippen LogP contribution in [0.1, 0.15) is 67.6 Å². The van der Waals surface area contributed by atoms with Gasteiger partial charge in [-0.05, 0) is 52.6 Å². The van der Waals surface area contributed by atoms with E-state index in [1.54, 1.807) is 6.20 Å². The van der Waals surface area contributed by atoms with Crippen LogP contribution in [0.3, 0.4) is 0 Å². The number of hydrogen-bond donors (Lipinski definition) is 0. The monoisotopic (exact) mass is 371 g/mol. The van der Waals surface area contributed by atoms with Gasteiger partial charge in [0.2, 0.25) is 5.76 Å². The molecular formula is C20H29N5O2. The first kappa shape index (κ1) is 18.2. The molecule has 2 aromatic rings. The Morgan fingerprint density at radius 1 is 1.26 bits per heavy atom. The van der Waals surface area contributed by atoms with E-state index in [4.69, 9.17) is 4.42 Å². The lowest BCUT2D eigenvalue weighted by atomic mass is 9.97. The quantitative estimate of drug-likeness (QED) is 0.827. The molecule has 27 heavy (non-hydrogen) atoms. The lowest BCUT2D eigenvalue weighted by Crippen LogP contribution is -2.42. The summed E-state index contributed by atoms with van der Waals surface area (Å²) in [6, 6.07) is 0. The summed E-state index contributed by atoms with van der Waals surface area (Å²) in [4.78, 5) is 25.8. The molecule has 146 valence electrons. The highest BCUT2D eigenvalue weighted by atomic mass is 16.4. The number of carbonyl (C=O) groups excluding carboxylic acids is 1. The van der Waals surface area contributed by atoms with Gasteiger partial charge in [0.25, 0.3) is 5.91 Å². The lowest BCUT2D eigenvalue weighted by molar-refractivity contribution is 0.0615. The molecular weight excluding hydrogens is 342 g/mol. The maximum absolute atomic E-state index is 12.8. The summed E-state index contributed by atoms with van der Waals surface area (Å²) in [5, 5.41) is 0. The van der Waals surface area contributed by atoms with E-state index in [9.17, 15) is 4.79 Å². The average molecular weight is 371 g/mol. The number of piperidine rings is 1. The van der Waals surface area contributed by atoms with Crippen LogP contribution in [0, 0.1) is 0 Å². The first-order valence-corrected chi connectivity index (χ1v) is 9.89. The molecule has 2 aromatic heterocycles. The van der Waals surface area contributed by atoms with E-state index in [1.165, 1.54) is 5.69 Å². The van der Waals surface area contributed by atoms with Crippen molar-refractivity contribution in [1.29, 1.82) is 0 Å². The van der Waals surface area contributed by atoms with Crippen molar-refractivity contribution >= 4 is 5.91 Å². The first-order valence-electron chi connectivity index (χ1n) is 9.89. The fourth-order valence-corrected chi connectivity index (χ4v) is 4.30. The van der Waals surface area contributed by atoms with Gasteiger partial charge in [0.1, 0.15) is 0 Å². The summed E-state index contributed by atoms with van der Waals surface area (Å²) in [6.07, 6.45) is 9.48. The average Bonchev–Trinajstić information content (AvgIpc) is 3.36. The molecule has 0 bridgehead atoms. The molecule has 2 aliphatic heterocycles. The van der Waals surface area contributed by atoms with Crippen molar-refractivity contribution in [2.45, 2.75) is 57.5 Å². The minimum atomic E-state index is -0.0961. The highest BCUT2D eigenvalue weighted by Gasteiger charge is 2.37. The van der Waals surface area contributed by atoms with Gasteiger partial charge in [-0.25, -0.2) is 9.97 Å². The minimum Gasteiger partial charge on any atom is -0.435 e. The Morgan fingerprint density at radius 3 is 2.67 bits per heavy atom. The molecule has 0 spiro atoms. The second-order valence-electron chi connectivity index (χ2n) is 8.48. The van der Waals surface area contributed by atoms with Gasteiger partial charge >= 0.3 is 0 Å². The van der Waals surface area contributed by atoms with Gasteiger partial charge in [0, 0.05) is 37.8 Å². The Morgan fingerprint density at radius 2 is 2.04 bits per heavy atom. The topological polar surface area (TPSA) is 67.4 Å². The summed E-state index contributed by atoms with van der Waals surface area (Å²) in [6.45, 7) is 7.96. The largest absolute Gasteiger partial charge is 0.435 e. The third kappa shape index (κ3) is 3.65. The highest BCUT2D eigenvalue weighted by molar-refractivity contribution is 5.92. The van der Waals surface area contributed by atoms with Gasteiger partial charge < -0.3 is 13.9 Å². The fourth-order valence-electron chi connectivity index (χ4n) is 4.30. The van der Waals surface area contributed by atoms with Crippen LogP contribution in [-0.4, -0.2) is 55.4 Å². The van der Waals surface area contributed by atoms with Crippen molar-refractivity contribution in [2.75, 3.05) is 19.6 Å². The molecule has 0 aliphatic carbocycles. The molecule has 0 radical (unpaired) electrons. The standard InChI is InChI=1S/C20H29N5O2/c1-20(2)7-4-8-25(20)19(26)17-12-22-18(27-17)15-5-9-24(10-6-15)13-16-11-21-14-23(16)3/h11-12,14-15H,4-10,13H2,1-3H3. The van der Waals surface area contributed by atoms with E-state index >= 15 is 0 Å². The van der Waals surface area contributed by atoms with Gasteiger partial charge in [-0.1, -0.05) is 0 Å². The number of carbonyl (C=O) groups is 1. The molecule has 0 unspecified atom stereocenters. The molecule has 2 fully saturated rings. The molecule has 2 aliphatic rings. The number of hydrogen-bond acceptors (Lipinski definition) is 5. The summed E-state index contributed by atoms with van der Waals surface area (Å²) in [5.74, 6) is 1.37. The number of nitrogens with zero attached hydrogens (tertiary/aromatic N) is 5. The second-order valence-corrected chi connectivity index (χ2v) is 8.48. The van der Waals surface area contributed by atoms with E-state index in [0.29, 0.717) is 11.7 Å². The van der Waals surface area contributed by atoms with Crippen LogP contribution >= 0.6 is 0 Å².